The molecule has 4 heteroatoms. The summed E-state index contributed by atoms with van der Waals surface area (Å²) in [6.45, 7) is 2.80. The Bertz CT molecular complexity index is 623. The quantitative estimate of drug-likeness (QED) is 0.636. The smallest absolute Gasteiger partial charge is 0.337 e. The summed E-state index contributed by atoms with van der Waals surface area (Å²) in [6.07, 6.45) is 0. The van der Waals surface area contributed by atoms with Gasteiger partial charge in [0.2, 0.25) is 0 Å². The summed E-state index contributed by atoms with van der Waals surface area (Å²) in [7, 11) is 1.37. The fourth-order valence-corrected chi connectivity index (χ4v) is 2.45. The van der Waals surface area contributed by atoms with Crippen LogP contribution < -0.4 is 4.90 Å². The van der Waals surface area contributed by atoms with E-state index >= 15 is 0 Å². The van der Waals surface area contributed by atoms with E-state index in [1.807, 2.05) is 54.3 Å². The predicted molar refractivity (Wildman–Crippen MR) is 88.9 cm³/mol. The molecule has 0 radical (unpaired) electrons. The number of carbonyl (C=O) groups excluding carboxylic acids is 1. The van der Waals surface area contributed by atoms with Crippen LogP contribution in [0.3, 0.4) is 0 Å². The van der Waals surface area contributed by atoms with Crippen LogP contribution in [0.2, 0.25) is 0 Å². The zero-order valence-electron chi connectivity index (χ0n) is 12.1. The molecular weight excluding hydrogens is 282 g/mol. The van der Waals surface area contributed by atoms with Crippen molar-refractivity contribution in [3.05, 3.63) is 65.7 Å². The van der Waals surface area contributed by atoms with Gasteiger partial charge < -0.3 is 9.64 Å². The summed E-state index contributed by atoms with van der Waals surface area (Å²) in [5, 5.41) is 0. The minimum absolute atomic E-state index is 0.338. The molecule has 0 aliphatic rings. The van der Waals surface area contributed by atoms with Crippen molar-refractivity contribution in [2.45, 2.75) is 6.92 Å². The van der Waals surface area contributed by atoms with Crippen LogP contribution >= 0.6 is 12.2 Å². The Kier molecular flexibility index (Phi) is 5.06. The van der Waals surface area contributed by atoms with E-state index in [2.05, 4.69) is 0 Å². The van der Waals surface area contributed by atoms with Crippen molar-refractivity contribution in [1.29, 1.82) is 0 Å². The fourth-order valence-electron chi connectivity index (χ4n) is 2.08. The molecule has 0 unspecified atom stereocenters. The van der Waals surface area contributed by atoms with Crippen molar-refractivity contribution >= 4 is 28.9 Å². The standard InChI is InChI=1S/C17H17NO2S/c1-3-18(16(21)13-7-5-4-6-8-13)15-11-9-14(10-12-15)17(19)20-2/h4-12H,3H2,1-2H3. The van der Waals surface area contributed by atoms with Gasteiger partial charge in [-0.1, -0.05) is 42.5 Å². The molecule has 0 bridgehead atoms. The zero-order chi connectivity index (χ0) is 15.2. The summed E-state index contributed by atoms with van der Waals surface area (Å²) in [6, 6.07) is 17.1. The molecule has 0 aromatic heterocycles. The molecule has 3 nitrogen and oxygen atoms in total. The normalized spacial score (nSPS) is 10.0. The Hall–Kier alpha value is -2.20. The van der Waals surface area contributed by atoms with E-state index < -0.39 is 0 Å². The van der Waals surface area contributed by atoms with E-state index in [1.165, 1.54) is 7.11 Å². The number of hydrogen-bond donors (Lipinski definition) is 0. The van der Waals surface area contributed by atoms with Crippen molar-refractivity contribution in [2.24, 2.45) is 0 Å². The third-order valence-electron chi connectivity index (χ3n) is 3.18. The van der Waals surface area contributed by atoms with Crippen molar-refractivity contribution in [1.82, 2.24) is 0 Å². The van der Waals surface area contributed by atoms with E-state index in [4.69, 9.17) is 17.0 Å². The van der Waals surface area contributed by atoms with Crippen LogP contribution in [0, 0.1) is 0 Å². The first-order valence-corrected chi connectivity index (χ1v) is 7.13. The minimum atomic E-state index is -0.338. The predicted octanol–water partition coefficient (Wildman–Crippen LogP) is 3.68. The highest BCUT2D eigenvalue weighted by Gasteiger charge is 2.13. The topological polar surface area (TPSA) is 29.5 Å². The number of ether oxygens (including phenoxy) is 1. The minimum Gasteiger partial charge on any atom is -0.465 e. The maximum atomic E-state index is 11.5. The van der Waals surface area contributed by atoms with E-state index in [0.29, 0.717) is 5.56 Å². The van der Waals surface area contributed by atoms with Gasteiger partial charge in [-0.3, -0.25) is 0 Å². The number of nitrogens with zero attached hydrogens (tertiary/aromatic N) is 1. The van der Waals surface area contributed by atoms with Crippen LogP contribution in [-0.2, 0) is 4.74 Å². The van der Waals surface area contributed by atoms with Crippen molar-refractivity contribution in [2.75, 3.05) is 18.6 Å². The molecule has 0 fully saturated rings. The first-order valence-electron chi connectivity index (χ1n) is 6.72. The van der Waals surface area contributed by atoms with E-state index in [9.17, 15) is 4.79 Å². The highest BCUT2D eigenvalue weighted by Crippen LogP contribution is 2.19. The number of carbonyl (C=O) groups is 1. The lowest BCUT2D eigenvalue weighted by Gasteiger charge is -2.24. The lowest BCUT2D eigenvalue weighted by atomic mass is 10.1. The number of methoxy groups -OCH3 is 1. The Labute approximate surface area is 130 Å². The molecule has 2 aromatic rings. The highest BCUT2D eigenvalue weighted by molar-refractivity contribution is 7.81. The average molecular weight is 299 g/mol. The summed E-state index contributed by atoms with van der Waals surface area (Å²) in [5.41, 5.74) is 2.49. The molecule has 0 spiro atoms. The SMILES string of the molecule is CCN(C(=S)c1ccccc1)c1ccc(C(=O)OC)cc1. The number of rotatable bonds is 4. The van der Waals surface area contributed by atoms with Crippen LogP contribution in [0.4, 0.5) is 5.69 Å². The van der Waals surface area contributed by atoms with Gasteiger partial charge in [-0.2, -0.15) is 0 Å². The van der Waals surface area contributed by atoms with E-state index in [1.54, 1.807) is 12.1 Å². The van der Waals surface area contributed by atoms with Gasteiger partial charge in [0.25, 0.3) is 0 Å². The molecule has 108 valence electrons. The first kappa shape index (κ1) is 15.2. The molecule has 21 heavy (non-hydrogen) atoms. The van der Waals surface area contributed by atoms with Crippen LogP contribution in [0.15, 0.2) is 54.6 Å². The third kappa shape index (κ3) is 3.47. The van der Waals surface area contributed by atoms with Gasteiger partial charge in [0.05, 0.1) is 12.7 Å². The van der Waals surface area contributed by atoms with Gasteiger partial charge in [-0.15, -0.1) is 0 Å². The average Bonchev–Trinajstić information content (AvgIpc) is 2.56. The summed E-state index contributed by atoms with van der Waals surface area (Å²) in [5.74, 6) is -0.338. The highest BCUT2D eigenvalue weighted by atomic mass is 32.1. The Morgan fingerprint density at radius 2 is 1.67 bits per heavy atom. The van der Waals surface area contributed by atoms with Crippen LogP contribution in [0.25, 0.3) is 0 Å². The van der Waals surface area contributed by atoms with Gasteiger partial charge in [-0.05, 0) is 31.2 Å². The van der Waals surface area contributed by atoms with Gasteiger partial charge in [0.15, 0.2) is 0 Å². The molecule has 0 amide bonds. The summed E-state index contributed by atoms with van der Waals surface area (Å²) >= 11 is 5.56. The monoisotopic (exact) mass is 299 g/mol. The summed E-state index contributed by atoms with van der Waals surface area (Å²) in [4.78, 5) is 14.3. The molecule has 0 heterocycles. The molecule has 0 saturated heterocycles. The molecule has 0 saturated carbocycles. The van der Waals surface area contributed by atoms with E-state index in [-0.39, 0.29) is 5.97 Å². The Morgan fingerprint density at radius 3 is 2.19 bits per heavy atom. The maximum absolute atomic E-state index is 11.5. The summed E-state index contributed by atoms with van der Waals surface area (Å²) < 4.78 is 4.70. The zero-order valence-corrected chi connectivity index (χ0v) is 12.9. The van der Waals surface area contributed by atoms with Gasteiger partial charge in [0.1, 0.15) is 4.99 Å². The molecule has 2 rings (SSSR count). The van der Waals surface area contributed by atoms with Crippen molar-refractivity contribution < 1.29 is 9.53 Å². The molecule has 0 atom stereocenters. The van der Waals surface area contributed by atoms with Crippen LogP contribution in [-0.4, -0.2) is 24.6 Å². The molecule has 0 aliphatic heterocycles. The Morgan fingerprint density at radius 1 is 1.05 bits per heavy atom. The second kappa shape index (κ2) is 6.99. The maximum Gasteiger partial charge on any atom is 0.337 e. The molecule has 2 aromatic carbocycles. The second-order valence-electron chi connectivity index (χ2n) is 4.45. The van der Waals surface area contributed by atoms with Gasteiger partial charge in [0, 0.05) is 17.8 Å². The molecule has 0 N–H and O–H groups in total. The van der Waals surface area contributed by atoms with Crippen molar-refractivity contribution in [3.8, 4) is 0 Å². The number of esters is 1. The number of thiocarbonyl (C=S) groups is 1. The number of anilines is 1. The fraction of sp³-hybridized carbons (Fsp3) is 0.176. The Balaban J connectivity index is 2.25. The van der Waals surface area contributed by atoms with Gasteiger partial charge >= 0.3 is 5.97 Å². The third-order valence-corrected chi connectivity index (χ3v) is 3.64. The first-order chi connectivity index (χ1) is 10.2. The lowest BCUT2D eigenvalue weighted by Crippen LogP contribution is -2.29. The van der Waals surface area contributed by atoms with Crippen molar-refractivity contribution in [3.63, 3.8) is 0 Å². The van der Waals surface area contributed by atoms with Crippen LogP contribution in [0.5, 0.6) is 0 Å². The van der Waals surface area contributed by atoms with E-state index in [0.717, 1.165) is 22.8 Å². The lowest BCUT2D eigenvalue weighted by molar-refractivity contribution is 0.0601. The number of hydrogen-bond acceptors (Lipinski definition) is 3. The second-order valence-corrected chi connectivity index (χ2v) is 4.84. The van der Waals surface area contributed by atoms with Gasteiger partial charge in [-0.25, -0.2) is 4.79 Å². The largest absolute Gasteiger partial charge is 0.465 e. The number of benzene rings is 2. The molecule has 0 aliphatic carbocycles. The van der Waals surface area contributed by atoms with Crippen LogP contribution in [0.1, 0.15) is 22.8 Å². The molecular formula is C17H17NO2S.